The second-order valence-electron chi connectivity index (χ2n) is 5.63. The molecule has 1 fully saturated rings. The van der Waals surface area contributed by atoms with E-state index in [-0.39, 0.29) is 0 Å². The number of benzene rings is 1. The summed E-state index contributed by atoms with van der Waals surface area (Å²) in [4.78, 5) is 2.35. The molecule has 0 aromatic heterocycles. The lowest BCUT2D eigenvalue weighted by Crippen LogP contribution is -2.32. The van der Waals surface area contributed by atoms with Gasteiger partial charge in [0, 0.05) is 37.0 Å². The number of ether oxygens (including phenoxy) is 1. The monoisotopic (exact) mass is 310 g/mol. The van der Waals surface area contributed by atoms with E-state index < -0.39 is 0 Å². The van der Waals surface area contributed by atoms with Crippen molar-refractivity contribution >= 4 is 17.3 Å². The van der Waals surface area contributed by atoms with Crippen molar-refractivity contribution in [2.75, 3.05) is 31.1 Å². The Hall–Kier alpha value is -0.770. The second kappa shape index (κ2) is 8.62. The lowest BCUT2D eigenvalue weighted by molar-refractivity contribution is 0.115. The molecule has 0 spiro atoms. The van der Waals surface area contributed by atoms with E-state index in [9.17, 15) is 0 Å². The zero-order valence-electron chi connectivity index (χ0n) is 13.2. The van der Waals surface area contributed by atoms with Crippen molar-refractivity contribution in [1.29, 1.82) is 0 Å². The first-order chi connectivity index (χ1) is 10.2. The number of hydrogen-bond acceptors (Lipinski definition) is 3. The normalized spacial score (nSPS) is 18.1. The summed E-state index contributed by atoms with van der Waals surface area (Å²) in [6.07, 6.45) is 3.87. The summed E-state index contributed by atoms with van der Waals surface area (Å²) in [6.45, 7) is 9.05. The number of halogens is 1. The first-order valence-corrected chi connectivity index (χ1v) is 8.48. The fourth-order valence-corrected chi connectivity index (χ4v) is 2.97. The average molecular weight is 311 g/mol. The van der Waals surface area contributed by atoms with Gasteiger partial charge in [-0.25, -0.2) is 0 Å². The van der Waals surface area contributed by atoms with Gasteiger partial charge in [-0.3, -0.25) is 0 Å². The minimum atomic E-state index is 0.370. The topological polar surface area (TPSA) is 24.5 Å². The highest BCUT2D eigenvalue weighted by Crippen LogP contribution is 2.25. The molecule has 0 amide bonds. The lowest BCUT2D eigenvalue weighted by atomic mass is 10.1. The van der Waals surface area contributed by atoms with Crippen LogP contribution in [0, 0.1) is 0 Å². The summed E-state index contributed by atoms with van der Waals surface area (Å²) in [5.41, 5.74) is 2.36. The fourth-order valence-electron chi connectivity index (χ4n) is 2.73. The molecule has 4 heteroatoms. The summed E-state index contributed by atoms with van der Waals surface area (Å²) < 4.78 is 5.74. The van der Waals surface area contributed by atoms with Crippen LogP contribution < -0.4 is 10.2 Å². The molecule has 1 atom stereocenters. The third kappa shape index (κ3) is 4.87. The van der Waals surface area contributed by atoms with Gasteiger partial charge in [-0.15, -0.1) is 0 Å². The molecular weight excluding hydrogens is 284 g/mol. The Kier molecular flexibility index (Phi) is 6.81. The van der Waals surface area contributed by atoms with Crippen molar-refractivity contribution in [2.45, 2.75) is 45.8 Å². The van der Waals surface area contributed by atoms with Gasteiger partial charge in [-0.05, 0) is 50.4 Å². The molecule has 1 unspecified atom stereocenters. The van der Waals surface area contributed by atoms with Crippen LogP contribution in [0.2, 0.25) is 5.02 Å². The summed E-state index contributed by atoms with van der Waals surface area (Å²) in [6, 6.07) is 6.40. The third-order valence-corrected chi connectivity index (χ3v) is 4.33. The van der Waals surface area contributed by atoms with E-state index in [4.69, 9.17) is 16.3 Å². The Balaban J connectivity index is 1.98. The highest BCUT2D eigenvalue weighted by Gasteiger charge is 2.19. The maximum absolute atomic E-state index is 6.43. The average Bonchev–Trinajstić information content (AvgIpc) is 2.99. The molecule has 0 bridgehead atoms. The number of rotatable bonds is 8. The van der Waals surface area contributed by atoms with Crippen molar-refractivity contribution in [3.8, 4) is 0 Å². The van der Waals surface area contributed by atoms with Crippen molar-refractivity contribution in [3.63, 3.8) is 0 Å². The van der Waals surface area contributed by atoms with E-state index in [0.717, 1.165) is 44.2 Å². The fraction of sp³-hybridized carbons (Fsp3) is 0.647. The van der Waals surface area contributed by atoms with E-state index >= 15 is 0 Å². The molecule has 118 valence electrons. The molecule has 3 nitrogen and oxygen atoms in total. The Morgan fingerprint density at radius 3 is 2.86 bits per heavy atom. The molecule has 21 heavy (non-hydrogen) atoms. The van der Waals surface area contributed by atoms with Crippen LogP contribution >= 0.6 is 11.6 Å². The molecule has 1 saturated heterocycles. The molecule has 1 aliphatic rings. The first kappa shape index (κ1) is 16.6. The predicted octanol–water partition coefficient (Wildman–Crippen LogP) is 3.84. The summed E-state index contributed by atoms with van der Waals surface area (Å²) >= 11 is 6.43. The minimum absolute atomic E-state index is 0.370. The van der Waals surface area contributed by atoms with Crippen LogP contribution in [0.25, 0.3) is 0 Å². The van der Waals surface area contributed by atoms with E-state index in [1.807, 2.05) is 0 Å². The molecule has 1 heterocycles. The Bertz CT molecular complexity index is 433. The quantitative estimate of drug-likeness (QED) is 0.738. The summed E-state index contributed by atoms with van der Waals surface area (Å²) in [5.74, 6) is 0. The number of nitrogens with one attached hydrogen (secondary N) is 1. The molecule has 0 aliphatic carbocycles. The highest BCUT2D eigenvalue weighted by molar-refractivity contribution is 6.31. The van der Waals surface area contributed by atoms with Gasteiger partial charge in [0.1, 0.15) is 0 Å². The maximum Gasteiger partial charge on any atom is 0.0750 e. The lowest BCUT2D eigenvalue weighted by Gasteiger charge is -2.26. The van der Waals surface area contributed by atoms with Crippen molar-refractivity contribution in [3.05, 3.63) is 28.8 Å². The van der Waals surface area contributed by atoms with Gasteiger partial charge in [0.2, 0.25) is 0 Å². The zero-order valence-corrected chi connectivity index (χ0v) is 14.0. The van der Waals surface area contributed by atoms with Gasteiger partial charge in [-0.1, -0.05) is 24.6 Å². The molecule has 1 aromatic carbocycles. The second-order valence-corrected chi connectivity index (χ2v) is 6.03. The number of hydrogen-bond donors (Lipinski definition) is 1. The Morgan fingerprint density at radius 1 is 1.38 bits per heavy atom. The number of likely N-dealkylation sites (N-methyl/N-ethyl adjacent to an activating group) is 1. The molecule has 2 rings (SSSR count). The highest BCUT2D eigenvalue weighted by atomic mass is 35.5. The van der Waals surface area contributed by atoms with Gasteiger partial charge >= 0.3 is 0 Å². The van der Waals surface area contributed by atoms with Gasteiger partial charge < -0.3 is 15.0 Å². The van der Waals surface area contributed by atoms with Gasteiger partial charge in [-0.2, -0.15) is 0 Å². The zero-order chi connectivity index (χ0) is 15.1. The standard InChI is InChI=1S/C17H27ClN2O/c1-3-9-19-12-14-7-8-15(11-17(14)18)20(4-2)13-16-6-5-10-21-16/h7-8,11,16,19H,3-6,9-10,12-13H2,1-2H3. The molecule has 1 aliphatic heterocycles. The number of anilines is 1. The minimum Gasteiger partial charge on any atom is -0.376 e. The van der Waals surface area contributed by atoms with E-state index in [0.29, 0.717) is 6.10 Å². The van der Waals surface area contributed by atoms with Crippen LogP contribution in [-0.4, -0.2) is 32.3 Å². The third-order valence-electron chi connectivity index (χ3n) is 3.97. The molecular formula is C17H27ClN2O. The van der Waals surface area contributed by atoms with Crippen LogP contribution in [0.15, 0.2) is 18.2 Å². The van der Waals surface area contributed by atoms with E-state index in [1.54, 1.807) is 0 Å². The maximum atomic E-state index is 6.43. The van der Waals surface area contributed by atoms with E-state index in [2.05, 4.69) is 42.3 Å². The van der Waals surface area contributed by atoms with Crippen molar-refractivity contribution in [2.24, 2.45) is 0 Å². The molecule has 1 aromatic rings. The smallest absolute Gasteiger partial charge is 0.0750 e. The van der Waals surface area contributed by atoms with E-state index in [1.165, 1.54) is 24.1 Å². The first-order valence-electron chi connectivity index (χ1n) is 8.10. The molecule has 0 radical (unpaired) electrons. The van der Waals surface area contributed by atoms with Crippen LogP contribution in [0.3, 0.4) is 0 Å². The van der Waals surface area contributed by atoms with Crippen LogP contribution in [0.1, 0.15) is 38.7 Å². The van der Waals surface area contributed by atoms with Gasteiger partial charge in [0.05, 0.1) is 6.10 Å². The Labute approximate surface area is 133 Å². The van der Waals surface area contributed by atoms with Crippen LogP contribution in [-0.2, 0) is 11.3 Å². The molecule has 0 saturated carbocycles. The van der Waals surface area contributed by atoms with Crippen LogP contribution in [0.4, 0.5) is 5.69 Å². The summed E-state index contributed by atoms with van der Waals surface area (Å²) in [5, 5.41) is 4.24. The van der Waals surface area contributed by atoms with Gasteiger partial charge in [0.25, 0.3) is 0 Å². The summed E-state index contributed by atoms with van der Waals surface area (Å²) in [7, 11) is 0. The Morgan fingerprint density at radius 2 is 2.24 bits per heavy atom. The number of nitrogens with zero attached hydrogens (tertiary/aromatic N) is 1. The SMILES string of the molecule is CCCNCc1ccc(N(CC)CC2CCCO2)cc1Cl. The van der Waals surface area contributed by atoms with Crippen molar-refractivity contribution < 1.29 is 4.74 Å². The predicted molar refractivity (Wildman–Crippen MR) is 90.3 cm³/mol. The largest absolute Gasteiger partial charge is 0.376 e. The van der Waals surface area contributed by atoms with Gasteiger partial charge in [0.15, 0.2) is 0 Å². The van der Waals surface area contributed by atoms with Crippen LogP contribution in [0.5, 0.6) is 0 Å². The van der Waals surface area contributed by atoms with Crippen molar-refractivity contribution in [1.82, 2.24) is 5.32 Å². The molecule has 1 N–H and O–H groups in total.